The number of benzene rings is 2. The Labute approximate surface area is 142 Å². The average molecular weight is 374 g/mol. The van der Waals surface area contributed by atoms with Crippen LogP contribution in [-0.4, -0.2) is 19.9 Å². The van der Waals surface area contributed by atoms with E-state index < -0.39 is 27.3 Å². The maximum atomic E-state index is 12.2. The Balaban J connectivity index is 1.91. The number of esters is 1. The summed E-state index contributed by atoms with van der Waals surface area (Å²) in [5.41, 5.74) is -4.25. The second-order valence-corrected chi connectivity index (χ2v) is 6.49. The van der Waals surface area contributed by atoms with E-state index in [2.05, 4.69) is 4.18 Å². The van der Waals surface area contributed by atoms with Crippen LogP contribution in [0, 0.1) is 0 Å². The Morgan fingerprint density at radius 2 is 1.52 bits per heavy atom. The molecule has 0 aliphatic rings. The van der Waals surface area contributed by atoms with E-state index in [0.717, 1.165) is 17.7 Å². The van der Waals surface area contributed by atoms with Crippen molar-refractivity contribution in [3.05, 3.63) is 65.7 Å². The van der Waals surface area contributed by atoms with E-state index in [4.69, 9.17) is 4.74 Å². The van der Waals surface area contributed by atoms with Crippen LogP contribution in [0.4, 0.5) is 13.2 Å². The van der Waals surface area contributed by atoms with Crippen LogP contribution in [0.3, 0.4) is 0 Å². The predicted molar refractivity (Wildman–Crippen MR) is 82.0 cm³/mol. The molecule has 2 aromatic carbocycles. The van der Waals surface area contributed by atoms with Crippen molar-refractivity contribution >= 4 is 16.1 Å². The first-order chi connectivity index (χ1) is 11.7. The summed E-state index contributed by atoms with van der Waals surface area (Å²) in [7, 11) is -5.72. The van der Waals surface area contributed by atoms with Crippen molar-refractivity contribution in [2.45, 2.75) is 18.5 Å². The highest BCUT2D eigenvalue weighted by molar-refractivity contribution is 7.88. The van der Waals surface area contributed by atoms with E-state index in [1.165, 1.54) is 12.1 Å². The van der Waals surface area contributed by atoms with Crippen LogP contribution in [0.1, 0.15) is 11.1 Å². The second-order valence-electron chi connectivity index (χ2n) is 4.95. The quantitative estimate of drug-likeness (QED) is 0.441. The van der Waals surface area contributed by atoms with E-state index in [1.54, 1.807) is 24.3 Å². The maximum Gasteiger partial charge on any atom is 0.534 e. The van der Waals surface area contributed by atoms with Gasteiger partial charge in [-0.2, -0.15) is 21.6 Å². The van der Waals surface area contributed by atoms with Crippen LogP contribution in [0.15, 0.2) is 54.6 Å². The number of rotatable bonds is 6. The zero-order valence-electron chi connectivity index (χ0n) is 12.7. The number of alkyl halides is 3. The van der Waals surface area contributed by atoms with E-state index in [1.807, 2.05) is 6.07 Å². The number of hydrogen-bond acceptors (Lipinski definition) is 5. The van der Waals surface area contributed by atoms with Crippen LogP contribution in [0.25, 0.3) is 0 Å². The minimum atomic E-state index is -5.72. The number of halogens is 3. The molecule has 2 rings (SSSR count). The molecule has 0 unspecified atom stereocenters. The van der Waals surface area contributed by atoms with Crippen LogP contribution in [0.5, 0.6) is 5.75 Å². The fraction of sp³-hybridized carbons (Fsp3) is 0.188. The van der Waals surface area contributed by atoms with Gasteiger partial charge in [0.05, 0.1) is 6.42 Å². The Hall–Kier alpha value is -2.55. The molecule has 0 amide bonds. The molecule has 9 heteroatoms. The van der Waals surface area contributed by atoms with E-state index in [9.17, 15) is 26.4 Å². The maximum absolute atomic E-state index is 12.2. The Morgan fingerprint density at radius 3 is 2.08 bits per heavy atom. The van der Waals surface area contributed by atoms with Gasteiger partial charge in [0.2, 0.25) is 0 Å². The van der Waals surface area contributed by atoms with Gasteiger partial charge in [0.15, 0.2) is 0 Å². The summed E-state index contributed by atoms with van der Waals surface area (Å²) in [6.45, 7) is 0.102. The summed E-state index contributed by atoms with van der Waals surface area (Å²) in [5.74, 6) is -1.03. The molecular weight excluding hydrogens is 361 g/mol. The number of hydrogen-bond donors (Lipinski definition) is 0. The van der Waals surface area contributed by atoms with Gasteiger partial charge in [-0.25, -0.2) is 0 Å². The Bertz CT molecular complexity index is 815. The highest BCUT2D eigenvalue weighted by atomic mass is 32.2. The van der Waals surface area contributed by atoms with Crippen LogP contribution < -0.4 is 4.18 Å². The van der Waals surface area contributed by atoms with Crippen molar-refractivity contribution < 1.29 is 35.3 Å². The average Bonchev–Trinajstić information content (AvgIpc) is 2.54. The summed E-state index contributed by atoms with van der Waals surface area (Å²) in [4.78, 5) is 11.7. The third-order valence-corrected chi connectivity index (χ3v) is 3.98. The summed E-state index contributed by atoms with van der Waals surface area (Å²) >= 11 is 0. The zero-order chi connectivity index (χ0) is 18.5. The minimum absolute atomic E-state index is 0.102. The minimum Gasteiger partial charge on any atom is -0.461 e. The fourth-order valence-electron chi connectivity index (χ4n) is 1.79. The molecule has 25 heavy (non-hydrogen) atoms. The molecule has 0 bridgehead atoms. The summed E-state index contributed by atoms with van der Waals surface area (Å²) in [6.07, 6.45) is -0.112. The van der Waals surface area contributed by atoms with E-state index in [-0.39, 0.29) is 13.0 Å². The molecule has 2 aromatic rings. The molecule has 134 valence electrons. The van der Waals surface area contributed by atoms with Crippen LogP contribution in [0.2, 0.25) is 0 Å². The summed E-state index contributed by atoms with van der Waals surface area (Å²) in [6, 6.07) is 13.6. The van der Waals surface area contributed by atoms with E-state index >= 15 is 0 Å². The highest BCUT2D eigenvalue weighted by Gasteiger charge is 2.48. The molecule has 0 aromatic heterocycles. The van der Waals surface area contributed by atoms with E-state index in [0.29, 0.717) is 5.56 Å². The topological polar surface area (TPSA) is 69.7 Å². The monoisotopic (exact) mass is 374 g/mol. The number of carbonyl (C=O) groups is 1. The number of ether oxygens (including phenoxy) is 1. The van der Waals surface area contributed by atoms with Crippen LogP contribution >= 0.6 is 0 Å². The summed E-state index contributed by atoms with van der Waals surface area (Å²) in [5, 5.41) is 0. The van der Waals surface area contributed by atoms with Gasteiger partial charge < -0.3 is 8.92 Å². The van der Waals surface area contributed by atoms with Crippen molar-refractivity contribution in [1.29, 1.82) is 0 Å². The lowest BCUT2D eigenvalue weighted by Crippen LogP contribution is -2.28. The molecule has 0 spiro atoms. The molecule has 0 heterocycles. The Morgan fingerprint density at radius 1 is 0.920 bits per heavy atom. The van der Waals surface area contributed by atoms with Gasteiger partial charge in [-0.05, 0) is 23.3 Å². The first kappa shape index (κ1) is 18.8. The zero-order valence-corrected chi connectivity index (χ0v) is 13.5. The number of carbonyl (C=O) groups excluding carboxylic acids is 1. The van der Waals surface area contributed by atoms with Gasteiger partial charge in [0, 0.05) is 0 Å². The molecule has 0 atom stereocenters. The van der Waals surface area contributed by atoms with Crippen molar-refractivity contribution in [2.75, 3.05) is 0 Å². The van der Waals surface area contributed by atoms with Crippen molar-refractivity contribution in [3.8, 4) is 5.75 Å². The Kier molecular flexibility index (Phi) is 5.68. The van der Waals surface area contributed by atoms with Crippen molar-refractivity contribution in [1.82, 2.24) is 0 Å². The highest BCUT2D eigenvalue weighted by Crippen LogP contribution is 2.27. The van der Waals surface area contributed by atoms with Gasteiger partial charge in [0.1, 0.15) is 12.4 Å². The largest absolute Gasteiger partial charge is 0.534 e. The molecule has 0 saturated carbocycles. The lowest BCUT2D eigenvalue weighted by Gasteiger charge is -2.10. The standard InChI is InChI=1S/C16H13F3O5S/c17-16(18,19)25(21,22)24-14-8-6-12(7-9-14)10-15(20)23-11-13-4-2-1-3-5-13/h1-9H,10-11H2. The first-order valence-corrected chi connectivity index (χ1v) is 8.37. The molecule has 0 N–H and O–H groups in total. The second kappa shape index (κ2) is 7.56. The van der Waals surface area contributed by atoms with Gasteiger partial charge in [-0.3, -0.25) is 4.79 Å². The first-order valence-electron chi connectivity index (χ1n) is 6.96. The smallest absolute Gasteiger partial charge is 0.461 e. The molecule has 0 aliphatic carbocycles. The lowest BCUT2D eigenvalue weighted by molar-refractivity contribution is -0.144. The third kappa shape index (κ3) is 5.49. The molecule has 0 radical (unpaired) electrons. The van der Waals surface area contributed by atoms with Gasteiger partial charge >= 0.3 is 21.6 Å². The van der Waals surface area contributed by atoms with Gasteiger partial charge in [-0.1, -0.05) is 42.5 Å². The predicted octanol–water partition coefficient (Wildman–Crippen LogP) is 3.20. The van der Waals surface area contributed by atoms with Crippen LogP contribution in [-0.2, 0) is 32.7 Å². The van der Waals surface area contributed by atoms with Crippen molar-refractivity contribution in [2.24, 2.45) is 0 Å². The molecule has 0 saturated heterocycles. The fourth-order valence-corrected chi connectivity index (χ4v) is 2.25. The lowest BCUT2D eigenvalue weighted by atomic mass is 10.1. The SMILES string of the molecule is O=C(Cc1ccc(OS(=O)(=O)C(F)(F)F)cc1)OCc1ccccc1. The molecular formula is C16H13F3O5S. The molecule has 0 aliphatic heterocycles. The van der Waals surface area contributed by atoms with Crippen molar-refractivity contribution in [3.63, 3.8) is 0 Å². The third-order valence-electron chi connectivity index (χ3n) is 3.00. The normalized spacial score (nSPS) is 11.8. The van der Waals surface area contributed by atoms with Gasteiger partial charge in [0.25, 0.3) is 0 Å². The van der Waals surface area contributed by atoms with Gasteiger partial charge in [-0.15, -0.1) is 0 Å². The molecule has 5 nitrogen and oxygen atoms in total. The molecule has 0 fully saturated rings. The summed E-state index contributed by atoms with van der Waals surface area (Å²) < 4.78 is 67.5.